The van der Waals surface area contributed by atoms with Gasteiger partial charge in [0.1, 0.15) is 5.75 Å². The third kappa shape index (κ3) is 5.68. The maximum atomic E-state index is 12.1. The fraction of sp³-hybridized carbons (Fsp3) is 0.118. The Bertz CT molecular complexity index is 878. The highest BCUT2D eigenvalue weighted by Gasteiger charge is 2.13. The van der Waals surface area contributed by atoms with Crippen molar-refractivity contribution >= 4 is 27.5 Å². The topological polar surface area (TPSA) is 72.5 Å². The molecule has 25 heavy (non-hydrogen) atoms. The van der Waals surface area contributed by atoms with Crippen molar-refractivity contribution in [2.24, 2.45) is 0 Å². The van der Waals surface area contributed by atoms with Crippen LogP contribution in [0.3, 0.4) is 0 Å². The molecule has 5 nitrogen and oxygen atoms in total. The first-order chi connectivity index (χ1) is 11.8. The number of benzene rings is 2. The van der Waals surface area contributed by atoms with E-state index in [4.69, 9.17) is 0 Å². The van der Waals surface area contributed by atoms with Crippen molar-refractivity contribution in [3.63, 3.8) is 0 Å². The van der Waals surface area contributed by atoms with Crippen molar-refractivity contribution in [3.8, 4) is 5.75 Å². The van der Waals surface area contributed by atoms with Gasteiger partial charge >= 0.3 is 6.61 Å². The number of sulfone groups is 1. The monoisotopic (exact) mass is 367 g/mol. The van der Waals surface area contributed by atoms with Gasteiger partial charge in [0.2, 0.25) is 5.91 Å². The van der Waals surface area contributed by atoms with Gasteiger partial charge in [0.25, 0.3) is 0 Å². The Morgan fingerprint density at radius 1 is 1.12 bits per heavy atom. The standard InChI is InChI=1S/C17H15F2NO4S/c1-25(22,23)15-5-3-2-4-14(15)20-16(21)11-8-12-6-9-13(10-7-12)24-17(18)19/h2-11,17H,1H3,(H,20,21)/b11-8+. The van der Waals surface area contributed by atoms with E-state index < -0.39 is 22.4 Å². The first-order valence-corrected chi connectivity index (χ1v) is 8.98. The first-order valence-electron chi connectivity index (χ1n) is 7.09. The van der Waals surface area contributed by atoms with Gasteiger partial charge in [0.15, 0.2) is 9.84 Å². The molecule has 2 aromatic carbocycles. The van der Waals surface area contributed by atoms with E-state index in [1.54, 1.807) is 12.1 Å². The Morgan fingerprint density at radius 2 is 1.76 bits per heavy atom. The summed E-state index contributed by atoms with van der Waals surface area (Å²) in [5.41, 5.74) is 0.772. The van der Waals surface area contributed by atoms with E-state index in [1.165, 1.54) is 48.6 Å². The SMILES string of the molecule is CS(=O)(=O)c1ccccc1NC(=O)/C=C/c1ccc(OC(F)F)cc1. The lowest BCUT2D eigenvalue weighted by Crippen LogP contribution is -2.11. The Hall–Kier alpha value is -2.74. The molecule has 2 rings (SSSR count). The number of carbonyl (C=O) groups excluding carboxylic acids is 1. The lowest BCUT2D eigenvalue weighted by Gasteiger charge is -2.07. The zero-order valence-corrected chi connectivity index (χ0v) is 14.0. The molecule has 8 heteroatoms. The molecule has 0 unspecified atom stereocenters. The number of rotatable bonds is 6. The van der Waals surface area contributed by atoms with Gasteiger partial charge in [0.05, 0.1) is 10.6 Å². The van der Waals surface area contributed by atoms with Gasteiger partial charge in [-0.15, -0.1) is 0 Å². The van der Waals surface area contributed by atoms with E-state index >= 15 is 0 Å². The minimum Gasteiger partial charge on any atom is -0.435 e. The Balaban J connectivity index is 2.07. The fourth-order valence-electron chi connectivity index (χ4n) is 2.00. The van der Waals surface area contributed by atoms with Crippen LogP contribution in [0.2, 0.25) is 0 Å². The summed E-state index contributed by atoms with van der Waals surface area (Å²) in [5.74, 6) is -0.511. The second-order valence-electron chi connectivity index (χ2n) is 5.04. The van der Waals surface area contributed by atoms with Crippen molar-refractivity contribution < 1.29 is 26.7 Å². The predicted octanol–water partition coefficient (Wildman–Crippen LogP) is 3.34. The van der Waals surface area contributed by atoms with E-state index in [0.29, 0.717) is 5.56 Å². The van der Waals surface area contributed by atoms with Gasteiger partial charge in [0, 0.05) is 12.3 Å². The molecule has 1 amide bonds. The molecule has 0 bridgehead atoms. The number of para-hydroxylation sites is 1. The minimum absolute atomic E-state index is 0.0127. The van der Waals surface area contributed by atoms with E-state index in [-0.39, 0.29) is 16.3 Å². The highest BCUT2D eigenvalue weighted by atomic mass is 32.2. The van der Waals surface area contributed by atoms with Crippen LogP contribution in [0.4, 0.5) is 14.5 Å². The lowest BCUT2D eigenvalue weighted by atomic mass is 10.2. The predicted molar refractivity (Wildman–Crippen MR) is 90.3 cm³/mol. The Morgan fingerprint density at radius 3 is 2.36 bits per heavy atom. The van der Waals surface area contributed by atoms with Crippen LogP contribution in [-0.2, 0) is 14.6 Å². The van der Waals surface area contributed by atoms with Gasteiger partial charge < -0.3 is 10.1 Å². The number of ether oxygens (including phenoxy) is 1. The van der Waals surface area contributed by atoms with Crippen molar-refractivity contribution in [1.29, 1.82) is 0 Å². The van der Waals surface area contributed by atoms with Crippen LogP contribution < -0.4 is 10.1 Å². The van der Waals surface area contributed by atoms with Crippen LogP contribution in [0.1, 0.15) is 5.56 Å². The molecular weight excluding hydrogens is 352 g/mol. The summed E-state index contributed by atoms with van der Waals surface area (Å²) in [5, 5.41) is 2.50. The second-order valence-corrected chi connectivity index (χ2v) is 7.02. The number of carbonyl (C=O) groups is 1. The molecule has 0 aromatic heterocycles. The molecule has 0 saturated heterocycles. The van der Waals surface area contributed by atoms with Crippen LogP contribution in [0.15, 0.2) is 59.5 Å². The maximum absolute atomic E-state index is 12.1. The van der Waals surface area contributed by atoms with Crippen LogP contribution in [-0.4, -0.2) is 27.2 Å². The molecule has 0 aliphatic heterocycles. The Kier molecular flexibility index (Phi) is 5.87. The molecule has 0 fully saturated rings. The van der Waals surface area contributed by atoms with Crippen molar-refractivity contribution in [3.05, 3.63) is 60.2 Å². The third-order valence-electron chi connectivity index (χ3n) is 3.08. The third-order valence-corrected chi connectivity index (χ3v) is 4.23. The van der Waals surface area contributed by atoms with Gasteiger partial charge in [-0.3, -0.25) is 4.79 Å². The summed E-state index contributed by atoms with van der Waals surface area (Å²) in [4.78, 5) is 12.0. The number of nitrogens with one attached hydrogen (secondary N) is 1. The fourth-order valence-corrected chi connectivity index (χ4v) is 2.84. The second kappa shape index (κ2) is 7.89. The summed E-state index contributed by atoms with van der Waals surface area (Å²) in [6.07, 6.45) is 3.73. The van der Waals surface area contributed by atoms with E-state index in [0.717, 1.165) is 6.26 Å². The lowest BCUT2D eigenvalue weighted by molar-refractivity contribution is -0.111. The minimum atomic E-state index is -3.47. The number of hydrogen-bond acceptors (Lipinski definition) is 4. The summed E-state index contributed by atoms with van der Waals surface area (Å²) < 4.78 is 51.7. The van der Waals surface area contributed by atoms with Gasteiger partial charge in [-0.2, -0.15) is 8.78 Å². The quantitative estimate of drug-likeness (QED) is 0.795. The summed E-state index contributed by atoms with van der Waals surface area (Å²) in [6.45, 7) is -2.90. The molecule has 0 atom stereocenters. The normalized spacial score (nSPS) is 11.7. The zero-order valence-electron chi connectivity index (χ0n) is 13.1. The molecule has 0 radical (unpaired) electrons. The molecule has 1 N–H and O–H groups in total. The largest absolute Gasteiger partial charge is 0.435 e. The van der Waals surface area contributed by atoms with Crippen LogP contribution in [0.5, 0.6) is 5.75 Å². The van der Waals surface area contributed by atoms with Gasteiger partial charge in [-0.05, 0) is 35.9 Å². The van der Waals surface area contributed by atoms with Crippen LogP contribution in [0.25, 0.3) is 6.08 Å². The van der Waals surface area contributed by atoms with E-state index in [9.17, 15) is 22.0 Å². The average molecular weight is 367 g/mol. The summed E-state index contributed by atoms with van der Waals surface area (Å²) in [7, 11) is -3.47. The number of halogens is 2. The molecule has 0 spiro atoms. The summed E-state index contributed by atoms with van der Waals surface area (Å²) in [6, 6.07) is 11.8. The molecular formula is C17H15F2NO4S. The van der Waals surface area contributed by atoms with Crippen molar-refractivity contribution in [2.45, 2.75) is 11.5 Å². The number of anilines is 1. The number of hydrogen-bond donors (Lipinski definition) is 1. The van der Waals surface area contributed by atoms with Crippen molar-refractivity contribution in [2.75, 3.05) is 11.6 Å². The molecule has 132 valence electrons. The zero-order chi connectivity index (χ0) is 18.4. The van der Waals surface area contributed by atoms with E-state index in [2.05, 4.69) is 10.1 Å². The number of amides is 1. The Labute approximate surface area is 143 Å². The maximum Gasteiger partial charge on any atom is 0.387 e. The molecule has 0 heterocycles. The molecule has 0 aliphatic rings. The number of alkyl halides is 2. The molecule has 2 aromatic rings. The van der Waals surface area contributed by atoms with Crippen LogP contribution >= 0.6 is 0 Å². The highest BCUT2D eigenvalue weighted by molar-refractivity contribution is 7.90. The van der Waals surface area contributed by atoms with E-state index in [1.807, 2.05) is 0 Å². The van der Waals surface area contributed by atoms with Gasteiger partial charge in [-0.25, -0.2) is 8.42 Å². The summed E-state index contributed by atoms with van der Waals surface area (Å²) >= 11 is 0. The van der Waals surface area contributed by atoms with Crippen molar-refractivity contribution in [1.82, 2.24) is 0 Å². The van der Waals surface area contributed by atoms with Crippen LogP contribution in [0, 0.1) is 0 Å². The smallest absolute Gasteiger partial charge is 0.387 e. The average Bonchev–Trinajstić information content (AvgIpc) is 2.53. The van der Waals surface area contributed by atoms with Gasteiger partial charge in [-0.1, -0.05) is 24.3 Å². The molecule has 0 aliphatic carbocycles. The molecule has 0 saturated carbocycles. The first kappa shape index (κ1) is 18.6. The highest BCUT2D eigenvalue weighted by Crippen LogP contribution is 2.20.